The number of aromatic nitrogens is 1. The van der Waals surface area contributed by atoms with Gasteiger partial charge in [0.2, 0.25) is 5.56 Å². The number of amides is 1. The van der Waals surface area contributed by atoms with E-state index < -0.39 is 0 Å². The van der Waals surface area contributed by atoms with Gasteiger partial charge in [0.15, 0.2) is 0 Å². The molecule has 1 N–H and O–H groups in total. The molecule has 1 rings (SSSR count). The summed E-state index contributed by atoms with van der Waals surface area (Å²) in [6.07, 6.45) is 3.64. The van der Waals surface area contributed by atoms with Crippen LogP contribution in [0.4, 0.5) is 0 Å². The third-order valence-corrected chi connectivity index (χ3v) is 3.32. The Hall–Kier alpha value is -1.58. The summed E-state index contributed by atoms with van der Waals surface area (Å²) >= 11 is 0. The molecule has 1 heterocycles. The lowest BCUT2D eigenvalue weighted by molar-refractivity contribution is 0.0734. The van der Waals surface area contributed by atoms with E-state index >= 15 is 0 Å². The van der Waals surface area contributed by atoms with Crippen LogP contribution in [0.5, 0.6) is 0 Å². The van der Waals surface area contributed by atoms with Crippen molar-refractivity contribution in [2.45, 2.75) is 33.6 Å². The summed E-state index contributed by atoms with van der Waals surface area (Å²) in [6.45, 7) is 7.67. The Bertz CT molecular complexity index is 435. The predicted molar refractivity (Wildman–Crippen MR) is 72.7 cm³/mol. The number of nitrogens with zero attached hydrogens (tertiary/aromatic N) is 1. The maximum Gasteiger partial charge on any atom is 0.254 e. The average molecular weight is 250 g/mol. The first-order chi connectivity index (χ1) is 8.62. The summed E-state index contributed by atoms with van der Waals surface area (Å²) in [7, 11) is 0. The number of hydrogen-bond donors (Lipinski definition) is 1. The highest BCUT2D eigenvalue weighted by atomic mass is 16.2. The van der Waals surface area contributed by atoms with Crippen LogP contribution in [0.3, 0.4) is 0 Å². The zero-order valence-electron chi connectivity index (χ0n) is 11.4. The summed E-state index contributed by atoms with van der Waals surface area (Å²) in [6, 6.07) is 3.01. The van der Waals surface area contributed by atoms with Crippen LogP contribution in [0.2, 0.25) is 0 Å². The van der Waals surface area contributed by atoms with Crippen molar-refractivity contribution in [3.63, 3.8) is 0 Å². The van der Waals surface area contributed by atoms with Crippen LogP contribution in [-0.2, 0) is 0 Å². The Morgan fingerprint density at radius 1 is 1.33 bits per heavy atom. The summed E-state index contributed by atoms with van der Waals surface area (Å²) in [5, 5.41) is 0. The van der Waals surface area contributed by atoms with Crippen LogP contribution in [0.1, 0.15) is 44.0 Å². The van der Waals surface area contributed by atoms with Crippen LogP contribution in [0.25, 0.3) is 0 Å². The van der Waals surface area contributed by atoms with E-state index in [1.807, 2.05) is 11.8 Å². The second kappa shape index (κ2) is 6.99. The van der Waals surface area contributed by atoms with E-state index in [4.69, 9.17) is 0 Å². The van der Waals surface area contributed by atoms with Crippen molar-refractivity contribution < 1.29 is 4.79 Å². The van der Waals surface area contributed by atoms with Crippen molar-refractivity contribution in [3.8, 4) is 0 Å². The van der Waals surface area contributed by atoms with Crippen LogP contribution in [-0.4, -0.2) is 28.9 Å². The second-order valence-electron chi connectivity index (χ2n) is 4.47. The van der Waals surface area contributed by atoms with Gasteiger partial charge in [0.05, 0.1) is 0 Å². The van der Waals surface area contributed by atoms with Crippen molar-refractivity contribution in [3.05, 3.63) is 34.2 Å². The Morgan fingerprint density at radius 3 is 2.50 bits per heavy atom. The monoisotopic (exact) mass is 250 g/mol. The first-order valence-corrected chi connectivity index (χ1v) is 6.60. The van der Waals surface area contributed by atoms with Crippen LogP contribution < -0.4 is 5.56 Å². The predicted octanol–water partition coefficient (Wildman–Crippen LogP) is 2.27. The largest absolute Gasteiger partial charge is 0.339 e. The molecule has 0 aliphatic rings. The van der Waals surface area contributed by atoms with E-state index in [0.29, 0.717) is 18.0 Å². The molecular formula is C14H22N2O2. The average Bonchev–Trinajstić information content (AvgIpc) is 2.39. The quantitative estimate of drug-likeness (QED) is 0.842. The van der Waals surface area contributed by atoms with Crippen molar-refractivity contribution in [2.24, 2.45) is 5.92 Å². The van der Waals surface area contributed by atoms with E-state index in [2.05, 4.69) is 18.8 Å². The number of pyridine rings is 1. The van der Waals surface area contributed by atoms with Gasteiger partial charge >= 0.3 is 0 Å². The molecular weight excluding hydrogens is 228 g/mol. The summed E-state index contributed by atoms with van der Waals surface area (Å²) < 4.78 is 0. The molecule has 0 radical (unpaired) electrons. The first kappa shape index (κ1) is 14.5. The maximum atomic E-state index is 12.3. The van der Waals surface area contributed by atoms with Gasteiger partial charge in [-0.1, -0.05) is 26.7 Å². The van der Waals surface area contributed by atoms with Gasteiger partial charge < -0.3 is 9.88 Å². The number of carbonyl (C=O) groups excluding carboxylic acids is 1. The van der Waals surface area contributed by atoms with Crippen LogP contribution in [0.15, 0.2) is 23.1 Å². The first-order valence-electron chi connectivity index (χ1n) is 6.60. The van der Waals surface area contributed by atoms with Gasteiger partial charge in [0.25, 0.3) is 5.91 Å². The van der Waals surface area contributed by atoms with Crippen molar-refractivity contribution >= 4 is 5.91 Å². The van der Waals surface area contributed by atoms with Crippen LogP contribution in [0, 0.1) is 5.92 Å². The summed E-state index contributed by atoms with van der Waals surface area (Å²) in [5.74, 6) is 0.464. The summed E-state index contributed by atoms with van der Waals surface area (Å²) in [4.78, 5) is 27.8. The molecule has 100 valence electrons. The van der Waals surface area contributed by atoms with Gasteiger partial charge in [-0.15, -0.1) is 0 Å². The lowest BCUT2D eigenvalue weighted by atomic mass is 10.0. The second-order valence-corrected chi connectivity index (χ2v) is 4.47. The highest BCUT2D eigenvalue weighted by Gasteiger charge is 2.17. The Kier molecular flexibility index (Phi) is 5.62. The highest BCUT2D eigenvalue weighted by molar-refractivity contribution is 5.94. The fourth-order valence-electron chi connectivity index (χ4n) is 1.97. The van der Waals surface area contributed by atoms with E-state index in [9.17, 15) is 9.59 Å². The number of nitrogens with one attached hydrogen (secondary N) is 1. The van der Waals surface area contributed by atoms with Gasteiger partial charge in [0.1, 0.15) is 0 Å². The van der Waals surface area contributed by atoms with Crippen molar-refractivity contribution in [1.29, 1.82) is 0 Å². The van der Waals surface area contributed by atoms with Gasteiger partial charge in [0, 0.05) is 30.9 Å². The SMILES string of the molecule is CCC(CC)CN(CC)C(=O)c1cc[nH]c(=O)c1. The Morgan fingerprint density at radius 2 is 2.00 bits per heavy atom. The fourth-order valence-corrected chi connectivity index (χ4v) is 1.97. The Balaban J connectivity index is 2.82. The molecule has 0 saturated carbocycles. The van der Waals surface area contributed by atoms with E-state index in [1.54, 1.807) is 6.07 Å². The van der Waals surface area contributed by atoms with E-state index in [1.165, 1.54) is 12.3 Å². The van der Waals surface area contributed by atoms with Crippen LogP contribution >= 0.6 is 0 Å². The molecule has 0 saturated heterocycles. The van der Waals surface area contributed by atoms with E-state index in [-0.39, 0.29) is 11.5 Å². The molecule has 0 spiro atoms. The minimum atomic E-state index is -0.237. The topological polar surface area (TPSA) is 53.2 Å². The minimum absolute atomic E-state index is 0.0597. The Labute approximate surface area is 108 Å². The number of rotatable bonds is 6. The molecule has 0 fully saturated rings. The number of aromatic amines is 1. The molecule has 1 aromatic rings. The lowest BCUT2D eigenvalue weighted by Crippen LogP contribution is -2.35. The fraction of sp³-hybridized carbons (Fsp3) is 0.571. The normalized spacial score (nSPS) is 10.7. The molecule has 0 aromatic carbocycles. The molecule has 4 heteroatoms. The molecule has 0 bridgehead atoms. The zero-order valence-corrected chi connectivity index (χ0v) is 11.4. The van der Waals surface area contributed by atoms with Gasteiger partial charge in [-0.2, -0.15) is 0 Å². The van der Waals surface area contributed by atoms with Crippen molar-refractivity contribution in [2.75, 3.05) is 13.1 Å². The molecule has 1 amide bonds. The molecule has 0 aliphatic heterocycles. The number of H-pyrrole nitrogens is 1. The van der Waals surface area contributed by atoms with Gasteiger partial charge in [-0.05, 0) is 18.9 Å². The molecule has 0 unspecified atom stereocenters. The maximum absolute atomic E-state index is 12.3. The molecule has 0 atom stereocenters. The molecule has 4 nitrogen and oxygen atoms in total. The third kappa shape index (κ3) is 3.72. The zero-order chi connectivity index (χ0) is 13.5. The number of carbonyl (C=O) groups is 1. The highest BCUT2D eigenvalue weighted by Crippen LogP contribution is 2.12. The van der Waals surface area contributed by atoms with Gasteiger partial charge in [-0.25, -0.2) is 0 Å². The van der Waals surface area contributed by atoms with Crippen molar-refractivity contribution in [1.82, 2.24) is 9.88 Å². The third-order valence-electron chi connectivity index (χ3n) is 3.32. The molecule has 0 aliphatic carbocycles. The minimum Gasteiger partial charge on any atom is -0.339 e. The van der Waals surface area contributed by atoms with E-state index in [0.717, 1.165) is 19.4 Å². The molecule has 18 heavy (non-hydrogen) atoms. The smallest absolute Gasteiger partial charge is 0.254 e. The lowest BCUT2D eigenvalue weighted by Gasteiger charge is -2.25. The van der Waals surface area contributed by atoms with Gasteiger partial charge in [-0.3, -0.25) is 9.59 Å². The molecule has 1 aromatic heterocycles. The summed E-state index contributed by atoms with van der Waals surface area (Å²) in [5.41, 5.74) is 0.228. The standard InChI is InChI=1S/C14H22N2O2/c1-4-11(5-2)10-16(6-3)14(18)12-7-8-15-13(17)9-12/h7-9,11H,4-6,10H2,1-3H3,(H,15,17). The number of hydrogen-bond acceptors (Lipinski definition) is 2.